The summed E-state index contributed by atoms with van der Waals surface area (Å²) < 4.78 is 0. The molecule has 0 unspecified atom stereocenters. The van der Waals surface area contributed by atoms with Crippen LogP contribution in [0.5, 0.6) is 0 Å². The van der Waals surface area contributed by atoms with E-state index < -0.39 is 45.0 Å². The van der Waals surface area contributed by atoms with Crippen LogP contribution >= 0.6 is 0 Å². The Morgan fingerprint density at radius 3 is 2.25 bits per heavy atom. The minimum Gasteiger partial charge on any atom is -0.277 e. The molecule has 0 atom stereocenters. The van der Waals surface area contributed by atoms with Crippen LogP contribution in [0.3, 0.4) is 0 Å². The van der Waals surface area contributed by atoms with Gasteiger partial charge in [-0.2, -0.15) is 5.10 Å². The fraction of sp³-hybridized carbons (Fsp3) is 0.0909. The SMILES string of the molecule is O=C1NC(=O)C(C=NNc2ccc([N+](=O)[O-])cc2[N+](=O)[O-])C(=O)N1. The number of barbiturate groups is 1. The first-order valence-corrected chi connectivity index (χ1v) is 6.17. The molecular weight excluding hydrogens is 328 g/mol. The molecule has 0 radical (unpaired) electrons. The number of rotatable bonds is 5. The third kappa shape index (κ3) is 3.46. The highest BCUT2D eigenvalue weighted by atomic mass is 16.6. The van der Waals surface area contributed by atoms with Gasteiger partial charge in [0.1, 0.15) is 5.69 Å². The van der Waals surface area contributed by atoms with Crippen LogP contribution in [0, 0.1) is 26.1 Å². The quantitative estimate of drug-likeness (QED) is 0.287. The molecular formula is C11H8N6O7. The molecule has 1 aliphatic heterocycles. The largest absolute Gasteiger partial charge is 0.328 e. The van der Waals surface area contributed by atoms with Crippen molar-refractivity contribution in [2.45, 2.75) is 0 Å². The molecule has 1 heterocycles. The molecule has 13 nitrogen and oxygen atoms in total. The van der Waals surface area contributed by atoms with Crippen molar-refractivity contribution in [3.63, 3.8) is 0 Å². The number of urea groups is 1. The van der Waals surface area contributed by atoms with Crippen LogP contribution in [0.15, 0.2) is 23.3 Å². The van der Waals surface area contributed by atoms with E-state index in [9.17, 15) is 34.6 Å². The van der Waals surface area contributed by atoms with Crippen LogP contribution in [0.4, 0.5) is 21.9 Å². The van der Waals surface area contributed by atoms with Crippen molar-refractivity contribution in [2.75, 3.05) is 5.43 Å². The first-order chi connectivity index (χ1) is 11.3. The summed E-state index contributed by atoms with van der Waals surface area (Å²) in [7, 11) is 0. The second-order valence-electron chi connectivity index (χ2n) is 4.39. The monoisotopic (exact) mass is 336 g/mol. The maximum absolute atomic E-state index is 11.5. The number of hydrogen-bond acceptors (Lipinski definition) is 9. The fourth-order valence-corrected chi connectivity index (χ4v) is 1.73. The van der Waals surface area contributed by atoms with E-state index in [1.165, 1.54) is 0 Å². The van der Waals surface area contributed by atoms with Gasteiger partial charge in [-0.3, -0.25) is 45.9 Å². The lowest BCUT2D eigenvalue weighted by Crippen LogP contribution is -2.56. The van der Waals surface area contributed by atoms with E-state index in [1.54, 1.807) is 0 Å². The molecule has 0 aliphatic carbocycles. The van der Waals surface area contributed by atoms with Crippen LogP contribution in [-0.4, -0.2) is 33.9 Å². The van der Waals surface area contributed by atoms with Gasteiger partial charge in [0.15, 0.2) is 5.92 Å². The summed E-state index contributed by atoms with van der Waals surface area (Å²) >= 11 is 0. The summed E-state index contributed by atoms with van der Waals surface area (Å²) in [5.74, 6) is -3.23. The molecule has 0 aromatic heterocycles. The van der Waals surface area contributed by atoms with Gasteiger partial charge in [0, 0.05) is 12.3 Å². The van der Waals surface area contributed by atoms with Gasteiger partial charge in [-0.1, -0.05) is 0 Å². The van der Waals surface area contributed by atoms with Crippen LogP contribution in [0.1, 0.15) is 0 Å². The van der Waals surface area contributed by atoms with Crippen molar-refractivity contribution in [1.29, 1.82) is 0 Å². The van der Waals surface area contributed by atoms with E-state index in [1.807, 2.05) is 10.6 Å². The summed E-state index contributed by atoms with van der Waals surface area (Å²) in [5.41, 5.74) is 0.933. The van der Waals surface area contributed by atoms with Gasteiger partial charge in [-0.05, 0) is 6.07 Å². The summed E-state index contributed by atoms with van der Waals surface area (Å²) in [6, 6.07) is 1.84. The number of imide groups is 2. The lowest BCUT2D eigenvalue weighted by molar-refractivity contribution is -0.393. The Labute approximate surface area is 132 Å². The molecule has 24 heavy (non-hydrogen) atoms. The third-order valence-corrected chi connectivity index (χ3v) is 2.84. The number of non-ortho nitro benzene ring substituents is 1. The minimum absolute atomic E-state index is 0.186. The number of nitrogens with zero attached hydrogens (tertiary/aromatic N) is 3. The first-order valence-electron chi connectivity index (χ1n) is 6.17. The summed E-state index contributed by atoms with van der Waals surface area (Å²) in [4.78, 5) is 53.7. The van der Waals surface area contributed by atoms with E-state index in [0.717, 1.165) is 24.4 Å². The van der Waals surface area contributed by atoms with E-state index in [0.29, 0.717) is 0 Å². The number of benzene rings is 1. The molecule has 3 N–H and O–H groups in total. The predicted octanol–water partition coefficient (Wildman–Crippen LogP) is -0.117. The molecule has 1 aromatic rings. The first kappa shape index (κ1) is 16.5. The molecule has 4 amide bonds. The third-order valence-electron chi connectivity index (χ3n) is 2.84. The van der Waals surface area contributed by atoms with Gasteiger partial charge in [-0.15, -0.1) is 0 Å². The number of hydrazone groups is 1. The predicted molar refractivity (Wildman–Crippen MR) is 77.0 cm³/mol. The molecule has 1 fully saturated rings. The van der Waals surface area contributed by atoms with Crippen LogP contribution in [0.25, 0.3) is 0 Å². The molecule has 0 spiro atoms. The molecule has 0 bridgehead atoms. The molecule has 1 aromatic carbocycles. The minimum atomic E-state index is -1.41. The van der Waals surface area contributed by atoms with Crippen molar-refractivity contribution in [2.24, 2.45) is 11.0 Å². The molecule has 2 rings (SSSR count). The molecule has 124 valence electrons. The molecule has 0 saturated carbocycles. The lowest BCUT2D eigenvalue weighted by atomic mass is 10.1. The second kappa shape index (κ2) is 6.47. The van der Waals surface area contributed by atoms with Crippen LogP contribution in [-0.2, 0) is 9.59 Å². The number of carbonyl (C=O) groups is 3. The van der Waals surface area contributed by atoms with E-state index >= 15 is 0 Å². The number of nitro groups is 2. The normalized spacial score (nSPS) is 15.1. The van der Waals surface area contributed by atoms with Crippen molar-refractivity contribution in [1.82, 2.24) is 10.6 Å². The van der Waals surface area contributed by atoms with Crippen molar-refractivity contribution < 1.29 is 24.2 Å². The maximum Gasteiger partial charge on any atom is 0.328 e. The van der Waals surface area contributed by atoms with Crippen LogP contribution in [0.2, 0.25) is 0 Å². The zero-order valence-corrected chi connectivity index (χ0v) is 11.6. The zero-order chi connectivity index (χ0) is 17.9. The Morgan fingerprint density at radius 2 is 1.71 bits per heavy atom. The van der Waals surface area contributed by atoms with E-state index in [-0.39, 0.29) is 5.69 Å². The summed E-state index contributed by atoms with van der Waals surface area (Å²) in [5, 5.41) is 28.8. The lowest BCUT2D eigenvalue weighted by Gasteiger charge is -2.16. The highest BCUT2D eigenvalue weighted by Gasteiger charge is 2.32. The van der Waals surface area contributed by atoms with Gasteiger partial charge in [-0.25, -0.2) is 4.79 Å². The summed E-state index contributed by atoms with van der Waals surface area (Å²) in [6.07, 6.45) is 0.836. The van der Waals surface area contributed by atoms with Gasteiger partial charge in [0.05, 0.1) is 15.9 Å². The van der Waals surface area contributed by atoms with Gasteiger partial charge >= 0.3 is 11.7 Å². The molecule has 1 saturated heterocycles. The van der Waals surface area contributed by atoms with E-state index in [2.05, 4.69) is 10.5 Å². The summed E-state index contributed by atoms with van der Waals surface area (Å²) in [6.45, 7) is 0. The average Bonchev–Trinajstić information content (AvgIpc) is 2.49. The molecule has 13 heteroatoms. The van der Waals surface area contributed by atoms with Crippen molar-refractivity contribution in [3.8, 4) is 0 Å². The number of anilines is 1. The maximum atomic E-state index is 11.5. The van der Waals surface area contributed by atoms with Crippen molar-refractivity contribution in [3.05, 3.63) is 38.4 Å². The Balaban J connectivity index is 2.18. The van der Waals surface area contributed by atoms with E-state index in [4.69, 9.17) is 0 Å². The van der Waals surface area contributed by atoms with Crippen LogP contribution < -0.4 is 16.1 Å². The average molecular weight is 336 g/mol. The van der Waals surface area contributed by atoms with Crippen molar-refractivity contribution >= 4 is 41.1 Å². The zero-order valence-electron chi connectivity index (χ0n) is 11.6. The molecule has 1 aliphatic rings. The van der Waals surface area contributed by atoms with Gasteiger partial charge in [0.25, 0.3) is 5.69 Å². The highest BCUT2D eigenvalue weighted by molar-refractivity contribution is 6.23. The smallest absolute Gasteiger partial charge is 0.277 e. The number of nitro benzene ring substituents is 2. The number of nitrogens with one attached hydrogen (secondary N) is 3. The highest BCUT2D eigenvalue weighted by Crippen LogP contribution is 2.28. The second-order valence-corrected chi connectivity index (χ2v) is 4.39. The number of carbonyl (C=O) groups excluding carboxylic acids is 3. The Bertz CT molecular complexity index is 769. The van der Waals surface area contributed by atoms with Gasteiger partial charge < -0.3 is 0 Å². The Morgan fingerprint density at radius 1 is 1.08 bits per heavy atom. The van der Waals surface area contributed by atoms with Gasteiger partial charge in [0.2, 0.25) is 11.8 Å². The Kier molecular flexibility index (Phi) is 4.44. The fourth-order valence-electron chi connectivity index (χ4n) is 1.73. The topological polar surface area (TPSA) is 186 Å². The standard InChI is InChI=1S/C11H8N6O7/c18-9-6(10(19)14-11(20)13-9)4-12-15-7-2-1-5(16(21)22)3-8(7)17(23)24/h1-4,6,15H,(H2,13,14,18,19,20). The number of amides is 4. The number of hydrogen-bond donors (Lipinski definition) is 3. The Hall–Kier alpha value is -3.90.